The molecule has 1 unspecified atom stereocenters. The van der Waals surface area contributed by atoms with Crippen LogP contribution in [0.5, 0.6) is 0 Å². The molecule has 0 spiro atoms. The van der Waals surface area contributed by atoms with Crippen molar-refractivity contribution in [3.05, 3.63) is 73.7 Å². The van der Waals surface area contributed by atoms with E-state index < -0.39 is 0 Å². The van der Waals surface area contributed by atoms with Crippen molar-refractivity contribution >= 4 is 46.1 Å². The summed E-state index contributed by atoms with van der Waals surface area (Å²) in [4.78, 5) is 14.7. The van der Waals surface area contributed by atoms with Crippen LogP contribution < -0.4 is 5.32 Å². The topological polar surface area (TPSA) is 67.4 Å². The van der Waals surface area contributed by atoms with E-state index in [-0.39, 0.29) is 12.0 Å². The first-order valence-electron chi connectivity index (χ1n) is 10.0. The summed E-state index contributed by atoms with van der Waals surface area (Å²) in [7, 11) is 0. The van der Waals surface area contributed by atoms with Gasteiger partial charge in [-0.15, -0.1) is 10.2 Å². The van der Waals surface area contributed by atoms with Crippen molar-refractivity contribution in [1.29, 1.82) is 0 Å². The summed E-state index contributed by atoms with van der Waals surface area (Å²) in [6, 6.07) is 13.4. The van der Waals surface area contributed by atoms with E-state index in [0.29, 0.717) is 34.7 Å². The molecule has 6 nitrogen and oxygen atoms in total. The van der Waals surface area contributed by atoms with Crippen LogP contribution in [-0.2, 0) is 17.7 Å². The van der Waals surface area contributed by atoms with Crippen molar-refractivity contribution in [2.75, 3.05) is 25.0 Å². The number of nitrogens with zero attached hydrogens (tertiary/aromatic N) is 3. The summed E-state index contributed by atoms with van der Waals surface area (Å²) < 4.78 is 5.91. The van der Waals surface area contributed by atoms with Gasteiger partial charge in [0.25, 0.3) is 5.91 Å². The summed E-state index contributed by atoms with van der Waals surface area (Å²) in [6.45, 7) is 4.78. The molecule has 1 N–H and O–H groups in total. The second kappa shape index (κ2) is 10.1. The number of aromatic nitrogens is 2. The molecule has 0 aliphatic carbocycles. The molecule has 1 amide bonds. The lowest BCUT2D eigenvalue weighted by molar-refractivity contribution is -0.0329. The maximum Gasteiger partial charge on any atom is 0.286 e. The van der Waals surface area contributed by atoms with E-state index in [1.165, 1.54) is 16.9 Å². The average Bonchev–Trinajstić information content (AvgIpc) is 3.25. The molecule has 1 aromatic heterocycles. The van der Waals surface area contributed by atoms with E-state index in [2.05, 4.69) is 27.3 Å². The third-order valence-corrected chi connectivity index (χ3v) is 6.75. The molecule has 9 heteroatoms. The number of hydrogen-bond acceptors (Lipinski definition) is 6. The van der Waals surface area contributed by atoms with Crippen molar-refractivity contribution in [2.24, 2.45) is 0 Å². The van der Waals surface area contributed by atoms with Crippen LogP contribution in [0.1, 0.15) is 39.0 Å². The van der Waals surface area contributed by atoms with E-state index in [0.717, 1.165) is 29.2 Å². The van der Waals surface area contributed by atoms with Gasteiger partial charge in [-0.05, 0) is 41.8 Å². The fourth-order valence-corrected chi connectivity index (χ4v) is 4.45. The van der Waals surface area contributed by atoms with Crippen molar-refractivity contribution in [2.45, 2.75) is 26.0 Å². The standard InChI is InChI=1S/C22H22Cl2N4O2S/c1-2-14-3-6-16(7-4-14)25-21(29)22-27-26-20(31-22)13-28-9-10-30-19(12-28)15-5-8-17(23)18(24)11-15/h3-8,11,19H,2,9-10,12-13H2,1H3,(H,25,29). The van der Waals surface area contributed by atoms with E-state index in [1.807, 2.05) is 36.4 Å². The van der Waals surface area contributed by atoms with Gasteiger partial charge in [-0.2, -0.15) is 0 Å². The van der Waals surface area contributed by atoms with Gasteiger partial charge in [-0.3, -0.25) is 9.69 Å². The highest BCUT2D eigenvalue weighted by Crippen LogP contribution is 2.29. The third kappa shape index (κ3) is 5.61. The third-order valence-electron chi connectivity index (χ3n) is 5.11. The van der Waals surface area contributed by atoms with Crippen LogP contribution in [0.3, 0.4) is 0 Å². The maximum atomic E-state index is 12.5. The summed E-state index contributed by atoms with van der Waals surface area (Å²) in [5.41, 5.74) is 2.96. The molecule has 4 rings (SSSR count). The quantitative estimate of drug-likeness (QED) is 0.527. The molecule has 1 atom stereocenters. The summed E-state index contributed by atoms with van der Waals surface area (Å²) >= 11 is 13.5. The number of halogens is 2. The minimum Gasteiger partial charge on any atom is -0.371 e. The van der Waals surface area contributed by atoms with Gasteiger partial charge in [0.2, 0.25) is 5.01 Å². The first kappa shape index (κ1) is 22.2. The molecule has 31 heavy (non-hydrogen) atoms. The van der Waals surface area contributed by atoms with E-state index in [4.69, 9.17) is 27.9 Å². The second-order valence-corrected chi connectivity index (χ2v) is 9.15. The first-order chi connectivity index (χ1) is 15.0. The Balaban J connectivity index is 1.36. The lowest BCUT2D eigenvalue weighted by Gasteiger charge is -2.32. The van der Waals surface area contributed by atoms with Crippen LogP contribution in [0, 0.1) is 0 Å². The highest BCUT2D eigenvalue weighted by molar-refractivity contribution is 7.13. The number of benzene rings is 2. The number of ether oxygens (including phenoxy) is 1. The zero-order valence-corrected chi connectivity index (χ0v) is 19.3. The summed E-state index contributed by atoms with van der Waals surface area (Å²) in [6.07, 6.45) is 0.867. The molecule has 1 aliphatic rings. The summed E-state index contributed by atoms with van der Waals surface area (Å²) in [5.74, 6) is -0.247. The Kier molecular flexibility index (Phi) is 7.20. The molecule has 1 fully saturated rings. The van der Waals surface area contributed by atoms with E-state index in [1.54, 1.807) is 6.07 Å². The van der Waals surface area contributed by atoms with Crippen LogP contribution in [0.25, 0.3) is 0 Å². The molecule has 162 valence electrons. The van der Waals surface area contributed by atoms with Gasteiger partial charge in [0.05, 0.1) is 29.3 Å². The van der Waals surface area contributed by atoms with Crippen LogP contribution in [0.4, 0.5) is 5.69 Å². The molecule has 0 bridgehead atoms. The zero-order chi connectivity index (χ0) is 21.8. The lowest BCUT2D eigenvalue weighted by atomic mass is 10.1. The fourth-order valence-electron chi connectivity index (χ4n) is 3.37. The van der Waals surface area contributed by atoms with Gasteiger partial charge in [0.1, 0.15) is 5.01 Å². The molecular weight excluding hydrogens is 455 g/mol. The second-order valence-electron chi connectivity index (χ2n) is 7.27. The molecule has 0 saturated carbocycles. The first-order valence-corrected chi connectivity index (χ1v) is 11.6. The monoisotopic (exact) mass is 476 g/mol. The maximum absolute atomic E-state index is 12.5. The van der Waals surface area contributed by atoms with Gasteiger partial charge in [0.15, 0.2) is 0 Å². The van der Waals surface area contributed by atoms with Crippen LogP contribution in [0.15, 0.2) is 42.5 Å². The average molecular weight is 477 g/mol. The molecule has 2 heterocycles. The fraction of sp³-hybridized carbons (Fsp3) is 0.318. The molecule has 2 aromatic carbocycles. The minimum absolute atomic E-state index is 0.0923. The SMILES string of the molecule is CCc1ccc(NC(=O)c2nnc(CN3CCOC(c4ccc(Cl)c(Cl)c4)C3)s2)cc1. The number of nitrogens with one attached hydrogen (secondary N) is 1. The largest absolute Gasteiger partial charge is 0.371 e. The van der Waals surface area contributed by atoms with E-state index in [9.17, 15) is 4.79 Å². The number of anilines is 1. The Morgan fingerprint density at radius 3 is 2.74 bits per heavy atom. The van der Waals surface area contributed by atoms with Crippen molar-refractivity contribution in [3.8, 4) is 0 Å². The summed E-state index contributed by atoms with van der Waals surface area (Å²) in [5, 5.41) is 13.4. The van der Waals surface area contributed by atoms with Gasteiger partial charge < -0.3 is 10.1 Å². The van der Waals surface area contributed by atoms with Crippen LogP contribution >= 0.6 is 34.5 Å². The van der Waals surface area contributed by atoms with Gasteiger partial charge in [-0.25, -0.2) is 0 Å². The van der Waals surface area contributed by atoms with Gasteiger partial charge in [-0.1, -0.05) is 59.7 Å². The zero-order valence-electron chi connectivity index (χ0n) is 17.0. The highest BCUT2D eigenvalue weighted by atomic mass is 35.5. The number of carbonyl (C=O) groups excluding carboxylic acids is 1. The number of carbonyl (C=O) groups is 1. The number of amides is 1. The molecule has 1 saturated heterocycles. The number of morpholine rings is 1. The molecule has 0 radical (unpaired) electrons. The normalized spacial score (nSPS) is 16.9. The Hall–Kier alpha value is -2.03. The van der Waals surface area contributed by atoms with Crippen molar-refractivity contribution in [1.82, 2.24) is 15.1 Å². The molecule has 1 aliphatic heterocycles. The lowest BCUT2D eigenvalue weighted by Crippen LogP contribution is -2.37. The van der Waals surface area contributed by atoms with Crippen molar-refractivity contribution in [3.63, 3.8) is 0 Å². The number of aryl methyl sites for hydroxylation is 1. The number of hydrogen-bond donors (Lipinski definition) is 1. The van der Waals surface area contributed by atoms with Crippen molar-refractivity contribution < 1.29 is 9.53 Å². The Bertz CT molecular complexity index is 1060. The van der Waals surface area contributed by atoms with Gasteiger partial charge in [0, 0.05) is 18.8 Å². The smallest absolute Gasteiger partial charge is 0.286 e. The Labute approximate surface area is 195 Å². The Morgan fingerprint density at radius 2 is 2.00 bits per heavy atom. The Morgan fingerprint density at radius 1 is 1.19 bits per heavy atom. The van der Waals surface area contributed by atoms with Crippen LogP contribution in [-0.4, -0.2) is 40.7 Å². The van der Waals surface area contributed by atoms with E-state index >= 15 is 0 Å². The predicted molar refractivity (Wildman–Crippen MR) is 124 cm³/mol. The highest BCUT2D eigenvalue weighted by Gasteiger charge is 2.24. The molecular formula is C22H22Cl2N4O2S. The molecule has 3 aromatic rings. The predicted octanol–water partition coefficient (Wildman–Crippen LogP) is 5.23. The van der Waals surface area contributed by atoms with Gasteiger partial charge >= 0.3 is 0 Å². The number of rotatable bonds is 6. The van der Waals surface area contributed by atoms with Crippen LogP contribution in [0.2, 0.25) is 10.0 Å². The minimum atomic E-state index is -0.247.